The topological polar surface area (TPSA) is 66.4 Å². The van der Waals surface area contributed by atoms with Crippen molar-refractivity contribution in [1.82, 2.24) is 4.72 Å². The molecule has 1 heterocycles. The molecule has 1 aliphatic carbocycles. The van der Waals surface area contributed by atoms with E-state index >= 15 is 0 Å². The van der Waals surface area contributed by atoms with Crippen LogP contribution in [0.4, 0.5) is 0 Å². The summed E-state index contributed by atoms with van der Waals surface area (Å²) in [4.78, 5) is 2.08. The van der Waals surface area contributed by atoms with Crippen molar-refractivity contribution in [2.45, 2.75) is 49.9 Å². The summed E-state index contributed by atoms with van der Waals surface area (Å²) in [6.07, 6.45) is 3.61. The summed E-state index contributed by atoms with van der Waals surface area (Å²) in [5.41, 5.74) is 0.431. The number of halogens is 1. The normalized spacial score (nSPS) is 18.1. The smallest absolute Gasteiger partial charge is 0.215 e. The fourth-order valence-electron chi connectivity index (χ4n) is 3.54. The van der Waals surface area contributed by atoms with Crippen molar-refractivity contribution in [3.63, 3.8) is 0 Å². The summed E-state index contributed by atoms with van der Waals surface area (Å²) in [5.74, 6) is -0.119. The number of aliphatic hydroxyl groups is 1. The maximum Gasteiger partial charge on any atom is 0.215 e. The average molecular weight is 414 g/mol. The van der Waals surface area contributed by atoms with Gasteiger partial charge >= 0.3 is 0 Å². The Morgan fingerprint density at radius 3 is 2.54 bits per heavy atom. The summed E-state index contributed by atoms with van der Waals surface area (Å²) in [6.45, 7) is 2.14. The summed E-state index contributed by atoms with van der Waals surface area (Å²) >= 11 is 7.69. The first kappa shape index (κ1) is 19.8. The zero-order valence-corrected chi connectivity index (χ0v) is 17.1. The molecule has 0 amide bonds. The van der Waals surface area contributed by atoms with Crippen LogP contribution in [0, 0.1) is 0 Å². The van der Waals surface area contributed by atoms with Crippen molar-refractivity contribution in [1.29, 1.82) is 0 Å². The molecular weight excluding hydrogens is 390 g/mol. The van der Waals surface area contributed by atoms with Crippen LogP contribution < -0.4 is 4.72 Å². The predicted molar refractivity (Wildman–Crippen MR) is 107 cm³/mol. The van der Waals surface area contributed by atoms with Gasteiger partial charge in [-0.1, -0.05) is 42.6 Å². The molecule has 3 rings (SSSR count). The first-order chi connectivity index (χ1) is 12.3. The fraction of sp³-hybridized carbons (Fsp3) is 0.474. The highest BCUT2D eigenvalue weighted by atomic mass is 35.5. The maximum absolute atomic E-state index is 12.6. The Balaban J connectivity index is 1.75. The third kappa shape index (κ3) is 4.49. The van der Waals surface area contributed by atoms with Crippen LogP contribution in [0.5, 0.6) is 0 Å². The molecule has 0 bridgehead atoms. The second-order valence-corrected chi connectivity index (χ2v) is 10.4. The lowest BCUT2D eigenvalue weighted by Gasteiger charge is -2.28. The van der Waals surface area contributed by atoms with Crippen LogP contribution in [0.3, 0.4) is 0 Å². The Bertz CT molecular complexity index is 855. The Morgan fingerprint density at radius 1 is 1.23 bits per heavy atom. The standard InChI is InChI=1S/C19H24ClNO3S2/c1-14(22)17-8-9-18(25-17)19(10-4-5-11-19)13-21-26(23,24)12-15-6-2-3-7-16(15)20/h2-3,6-9,14,21-22H,4-5,10-13H2,1H3. The molecule has 1 unspecified atom stereocenters. The van der Waals surface area contributed by atoms with E-state index in [1.807, 2.05) is 12.1 Å². The first-order valence-corrected chi connectivity index (χ1v) is 11.7. The van der Waals surface area contributed by atoms with E-state index in [1.165, 1.54) is 0 Å². The predicted octanol–water partition coefficient (Wildman–Crippen LogP) is 4.39. The molecule has 4 nitrogen and oxygen atoms in total. The molecule has 0 saturated heterocycles. The van der Waals surface area contributed by atoms with Gasteiger partial charge in [-0.2, -0.15) is 0 Å². The van der Waals surface area contributed by atoms with Crippen molar-refractivity contribution in [3.8, 4) is 0 Å². The molecular formula is C19H24ClNO3S2. The number of thiophene rings is 1. The van der Waals surface area contributed by atoms with Gasteiger partial charge in [-0.05, 0) is 43.5 Å². The second-order valence-electron chi connectivity index (χ2n) is 7.04. The molecule has 0 spiro atoms. The lowest BCUT2D eigenvalue weighted by molar-refractivity contribution is 0.203. The molecule has 2 N–H and O–H groups in total. The second kappa shape index (κ2) is 7.98. The van der Waals surface area contributed by atoms with Gasteiger partial charge in [0, 0.05) is 26.7 Å². The molecule has 26 heavy (non-hydrogen) atoms. The Hall–Kier alpha value is -0.920. The van der Waals surface area contributed by atoms with E-state index in [2.05, 4.69) is 4.72 Å². The van der Waals surface area contributed by atoms with Crippen LogP contribution >= 0.6 is 22.9 Å². The molecule has 1 aromatic heterocycles. The average Bonchev–Trinajstić information content (AvgIpc) is 3.25. The van der Waals surface area contributed by atoms with Crippen molar-refractivity contribution in [3.05, 3.63) is 56.7 Å². The third-order valence-electron chi connectivity index (χ3n) is 5.06. The Kier molecular flexibility index (Phi) is 6.09. The van der Waals surface area contributed by atoms with Gasteiger partial charge in [0.2, 0.25) is 10.0 Å². The van der Waals surface area contributed by atoms with E-state index < -0.39 is 16.1 Å². The molecule has 0 radical (unpaired) electrons. The van der Waals surface area contributed by atoms with Gasteiger partial charge in [-0.15, -0.1) is 11.3 Å². The van der Waals surface area contributed by atoms with Gasteiger partial charge in [0.05, 0.1) is 11.9 Å². The Labute approximate surface area is 164 Å². The number of aliphatic hydroxyl groups excluding tert-OH is 1. The summed E-state index contributed by atoms with van der Waals surface area (Å²) < 4.78 is 28.0. The zero-order valence-electron chi connectivity index (χ0n) is 14.7. The van der Waals surface area contributed by atoms with Crippen LogP contribution in [0.25, 0.3) is 0 Å². The minimum absolute atomic E-state index is 0.119. The van der Waals surface area contributed by atoms with Crippen LogP contribution in [0.1, 0.15) is 54.0 Å². The quantitative estimate of drug-likeness (QED) is 0.707. The van der Waals surface area contributed by atoms with Crippen molar-refractivity contribution < 1.29 is 13.5 Å². The zero-order chi connectivity index (χ0) is 18.8. The van der Waals surface area contributed by atoms with E-state index in [0.29, 0.717) is 17.1 Å². The molecule has 1 atom stereocenters. The molecule has 1 aliphatic rings. The number of rotatable bonds is 7. The molecule has 142 valence electrons. The van der Waals surface area contributed by atoms with Gasteiger partial charge < -0.3 is 5.11 Å². The van der Waals surface area contributed by atoms with E-state index in [1.54, 1.807) is 42.5 Å². The summed E-state index contributed by atoms with van der Waals surface area (Å²) in [7, 11) is -3.48. The largest absolute Gasteiger partial charge is 0.388 e. The lowest BCUT2D eigenvalue weighted by atomic mass is 9.85. The lowest BCUT2D eigenvalue weighted by Crippen LogP contribution is -2.39. The third-order valence-corrected chi connectivity index (χ3v) is 8.20. The van der Waals surface area contributed by atoms with E-state index in [4.69, 9.17) is 11.6 Å². The molecule has 0 aliphatic heterocycles. The highest BCUT2D eigenvalue weighted by Gasteiger charge is 2.38. The van der Waals surface area contributed by atoms with Crippen LogP contribution in [0.2, 0.25) is 5.02 Å². The van der Waals surface area contributed by atoms with E-state index in [-0.39, 0.29) is 11.2 Å². The van der Waals surface area contributed by atoms with Crippen molar-refractivity contribution >= 4 is 33.0 Å². The monoisotopic (exact) mass is 413 g/mol. The number of hydrogen-bond acceptors (Lipinski definition) is 4. The summed E-state index contributed by atoms with van der Waals surface area (Å²) in [6, 6.07) is 11.0. The van der Waals surface area contributed by atoms with Gasteiger partial charge in [-0.25, -0.2) is 13.1 Å². The molecule has 1 fully saturated rings. The van der Waals surface area contributed by atoms with Gasteiger partial charge in [0.15, 0.2) is 0 Å². The molecule has 1 aromatic carbocycles. The highest BCUT2D eigenvalue weighted by Crippen LogP contribution is 2.44. The SMILES string of the molecule is CC(O)c1ccc(C2(CNS(=O)(=O)Cc3ccccc3Cl)CCCC2)s1. The number of sulfonamides is 1. The maximum atomic E-state index is 12.6. The Morgan fingerprint density at radius 2 is 1.92 bits per heavy atom. The van der Waals surface area contributed by atoms with Gasteiger partial charge in [0.25, 0.3) is 0 Å². The van der Waals surface area contributed by atoms with Crippen molar-refractivity contribution in [2.75, 3.05) is 6.54 Å². The van der Waals surface area contributed by atoms with Crippen LogP contribution in [0.15, 0.2) is 36.4 Å². The van der Waals surface area contributed by atoms with E-state index in [9.17, 15) is 13.5 Å². The number of nitrogens with one attached hydrogen (secondary N) is 1. The molecule has 1 saturated carbocycles. The summed E-state index contributed by atoms with van der Waals surface area (Å²) in [5, 5.41) is 10.3. The number of benzene rings is 1. The van der Waals surface area contributed by atoms with Gasteiger partial charge in [0.1, 0.15) is 0 Å². The number of hydrogen-bond donors (Lipinski definition) is 2. The van der Waals surface area contributed by atoms with Crippen LogP contribution in [-0.2, 0) is 21.2 Å². The van der Waals surface area contributed by atoms with Crippen LogP contribution in [-0.4, -0.2) is 20.1 Å². The fourth-order valence-corrected chi connectivity index (χ4v) is 6.27. The minimum atomic E-state index is -3.48. The molecule has 7 heteroatoms. The van der Waals surface area contributed by atoms with Gasteiger partial charge in [-0.3, -0.25) is 0 Å². The minimum Gasteiger partial charge on any atom is -0.388 e. The van der Waals surface area contributed by atoms with Crippen molar-refractivity contribution in [2.24, 2.45) is 0 Å². The first-order valence-electron chi connectivity index (χ1n) is 8.80. The van der Waals surface area contributed by atoms with E-state index in [0.717, 1.165) is 35.4 Å². The highest BCUT2D eigenvalue weighted by molar-refractivity contribution is 7.88. The molecule has 2 aromatic rings.